The van der Waals surface area contributed by atoms with Gasteiger partial charge in [0, 0.05) is 32.6 Å². The van der Waals surface area contributed by atoms with Crippen molar-refractivity contribution in [3.05, 3.63) is 30.0 Å². The van der Waals surface area contributed by atoms with Gasteiger partial charge in [0.1, 0.15) is 5.69 Å². The fraction of sp³-hybridized carbons (Fsp3) is 0.400. The van der Waals surface area contributed by atoms with Crippen LogP contribution in [0.2, 0.25) is 0 Å². The van der Waals surface area contributed by atoms with E-state index in [4.69, 9.17) is 4.42 Å². The first-order chi connectivity index (χ1) is 11.5. The van der Waals surface area contributed by atoms with Gasteiger partial charge in [-0.15, -0.1) is 10.2 Å². The molecule has 0 aromatic carbocycles. The number of nitrogens with zero attached hydrogens (tertiary/aromatic N) is 6. The largest absolute Gasteiger partial charge is 0.419 e. The van der Waals surface area contributed by atoms with Crippen LogP contribution in [-0.4, -0.2) is 35.7 Å². The highest BCUT2D eigenvalue weighted by Gasteiger charge is 2.14. The highest BCUT2D eigenvalue weighted by atomic mass is 16.4. The lowest BCUT2D eigenvalue weighted by molar-refractivity contribution is -0.116. The molecular weight excluding hydrogens is 310 g/mol. The van der Waals surface area contributed by atoms with Crippen molar-refractivity contribution in [1.82, 2.24) is 29.8 Å². The number of carbonyl (C=O) groups excluding carboxylic acids is 1. The van der Waals surface area contributed by atoms with Crippen molar-refractivity contribution in [3.8, 4) is 11.6 Å². The van der Waals surface area contributed by atoms with Crippen LogP contribution in [0.4, 0.5) is 5.69 Å². The Balaban J connectivity index is 1.57. The highest BCUT2D eigenvalue weighted by Crippen LogP contribution is 2.18. The Kier molecular flexibility index (Phi) is 4.41. The molecule has 0 aliphatic carbocycles. The van der Waals surface area contributed by atoms with Crippen molar-refractivity contribution in [3.63, 3.8) is 0 Å². The summed E-state index contributed by atoms with van der Waals surface area (Å²) in [7, 11) is 1.82. The number of hydrogen-bond acceptors (Lipinski definition) is 6. The molecule has 0 unspecified atom stereocenters. The van der Waals surface area contributed by atoms with Gasteiger partial charge in [0.15, 0.2) is 0 Å². The first-order valence-corrected chi connectivity index (χ1v) is 7.71. The van der Waals surface area contributed by atoms with Crippen molar-refractivity contribution in [2.45, 2.75) is 33.2 Å². The minimum atomic E-state index is -0.123. The van der Waals surface area contributed by atoms with Crippen LogP contribution in [-0.2, 0) is 24.8 Å². The zero-order valence-electron chi connectivity index (χ0n) is 13.9. The zero-order valence-corrected chi connectivity index (χ0v) is 13.9. The van der Waals surface area contributed by atoms with E-state index in [0.717, 1.165) is 17.9 Å². The second kappa shape index (κ2) is 6.65. The minimum absolute atomic E-state index is 0.123. The van der Waals surface area contributed by atoms with Crippen molar-refractivity contribution < 1.29 is 9.21 Å². The Bertz CT molecular complexity index is 846. The Morgan fingerprint density at radius 3 is 2.88 bits per heavy atom. The molecule has 3 rings (SSSR count). The van der Waals surface area contributed by atoms with E-state index in [0.29, 0.717) is 23.9 Å². The van der Waals surface area contributed by atoms with Crippen molar-refractivity contribution in [2.24, 2.45) is 7.05 Å². The van der Waals surface area contributed by atoms with Crippen molar-refractivity contribution in [1.29, 1.82) is 0 Å². The quantitative estimate of drug-likeness (QED) is 0.736. The van der Waals surface area contributed by atoms with E-state index in [1.165, 1.54) is 0 Å². The number of aromatic nitrogens is 6. The van der Waals surface area contributed by atoms with E-state index >= 15 is 0 Å². The Labute approximate surface area is 138 Å². The Morgan fingerprint density at radius 1 is 1.38 bits per heavy atom. The molecule has 9 nitrogen and oxygen atoms in total. The third kappa shape index (κ3) is 3.50. The lowest BCUT2D eigenvalue weighted by atomic mass is 10.3. The van der Waals surface area contributed by atoms with Crippen molar-refractivity contribution in [2.75, 3.05) is 5.32 Å². The molecule has 126 valence electrons. The van der Waals surface area contributed by atoms with Crippen LogP contribution < -0.4 is 5.32 Å². The van der Waals surface area contributed by atoms with Crippen LogP contribution >= 0.6 is 0 Å². The third-order valence-corrected chi connectivity index (χ3v) is 3.49. The van der Waals surface area contributed by atoms with Gasteiger partial charge in [-0.3, -0.25) is 14.2 Å². The van der Waals surface area contributed by atoms with Crippen LogP contribution in [0.15, 0.2) is 22.9 Å². The molecule has 0 radical (unpaired) electrons. The van der Waals surface area contributed by atoms with E-state index in [1.54, 1.807) is 21.8 Å². The molecule has 0 bridgehead atoms. The van der Waals surface area contributed by atoms with E-state index in [9.17, 15) is 4.79 Å². The Morgan fingerprint density at radius 2 is 2.21 bits per heavy atom. The van der Waals surface area contributed by atoms with Gasteiger partial charge in [-0.05, 0) is 19.9 Å². The van der Waals surface area contributed by atoms with Gasteiger partial charge in [-0.1, -0.05) is 0 Å². The van der Waals surface area contributed by atoms with Gasteiger partial charge in [0.2, 0.25) is 11.8 Å². The molecule has 24 heavy (non-hydrogen) atoms. The van der Waals surface area contributed by atoms with E-state index in [-0.39, 0.29) is 12.3 Å². The third-order valence-electron chi connectivity index (χ3n) is 3.49. The number of aryl methyl sites for hydroxylation is 4. The Hall–Kier alpha value is -2.97. The molecule has 0 saturated carbocycles. The number of hydrogen-bond donors (Lipinski definition) is 1. The summed E-state index contributed by atoms with van der Waals surface area (Å²) in [5.74, 6) is 0.697. The molecular formula is C15H19N7O2. The normalized spacial score (nSPS) is 11.0. The number of nitrogens with one attached hydrogen (secondary N) is 1. The summed E-state index contributed by atoms with van der Waals surface area (Å²) in [6, 6.07) is 1.87. The molecule has 1 N–H and O–H groups in total. The van der Waals surface area contributed by atoms with Gasteiger partial charge in [-0.2, -0.15) is 10.2 Å². The smallest absolute Gasteiger partial charge is 0.265 e. The summed E-state index contributed by atoms with van der Waals surface area (Å²) < 4.78 is 9.04. The maximum Gasteiger partial charge on any atom is 0.265 e. The molecule has 0 fully saturated rings. The standard InChI is InChI=1S/C15H19N7O2/c1-4-22-9-11(8-16-22)17-13(23)5-6-14-18-19-15(24-14)12-7-10(2)20-21(12)3/h7-9H,4-6H2,1-3H3,(H,17,23). The number of rotatable bonds is 6. The molecule has 3 aromatic rings. The monoisotopic (exact) mass is 329 g/mol. The van der Waals surface area contributed by atoms with Crippen molar-refractivity contribution >= 4 is 11.6 Å². The van der Waals surface area contributed by atoms with Crippen LogP contribution in [0.5, 0.6) is 0 Å². The molecule has 0 spiro atoms. The molecule has 3 heterocycles. The van der Waals surface area contributed by atoms with Crippen LogP contribution in [0.3, 0.4) is 0 Å². The van der Waals surface area contributed by atoms with Crippen LogP contribution in [0, 0.1) is 6.92 Å². The van der Waals surface area contributed by atoms with Gasteiger partial charge in [0.05, 0.1) is 17.6 Å². The summed E-state index contributed by atoms with van der Waals surface area (Å²) in [6.07, 6.45) is 4.03. The molecule has 0 atom stereocenters. The fourth-order valence-electron chi connectivity index (χ4n) is 2.31. The number of anilines is 1. The molecule has 3 aromatic heterocycles. The molecule has 9 heteroatoms. The number of amides is 1. The zero-order chi connectivity index (χ0) is 17.1. The van der Waals surface area contributed by atoms with Gasteiger partial charge < -0.3 is 9.73 Å². The summed E-state index contributed by atoms with van der Waals surface area (Å²) in [5, 5.41) is 19.1. The SMILES string of the molecule is CCn1cc(NC(=O)CCc2nnc(-c3cc(C)nn3C)o2)cn1. The average Bonchev–Trinajstić information content (AvgIpc) is 3.25. The summed E-state index contributed by atoms with van der Waals surface area (Å²) in [4.78, 5) is 12.0. The molecule has 0 aliphatic heterocycles. The fourth-order valence-corrected chi connectivity index (χ4v) is 2.31. The maximum atomic E-state index is 12.0. The lowest BCUT2D eigenvalue weighted by Crippen LogP contribution is -2.12. The predicted octanol–water partition coefficient (Wildman–Crippen LogP) is 1.57. The van der Waals surface area contributed by atoms with E-state index < -0.39 is 0 Å². The summed E-state index contributed by atoms with van der Waals surface area (Å²) in [5.41, 5.74) is 2.31. The van der Waals surface area contributed by atoms with Gasteiger partial charge in [0.25, 0.3) is 5.89 Å². The first kappa shape index (κ1) is 15.9. The van der Waals surface area contributed by atoms with E-state index in [1.807, 2.05) is 27.0 Å². The molecule has 0 aliphatic rings. The maximum absolute atomic E-state index is 12.0. The highest BCUT2D eigenvalue weighted by molar-refractivity contribution is 5.90. The summed E-state index contributed by atoms with van der Waals surface area (Å²) >= 11 is 0. The predicted molar refractivity (Wildman–Crippen MR) is 86.1 cm³/mol. The summed E-state index contributed by atoms with van der Waals surface area (Å²) in [6.45, 7) is 4.63. The van der Waals surface area contributed by atoms with E-state index in [2.05, 4.69) is 25.7 Å². The second-order valence-corrected chi connectivity index (χ2v) is 5.43. The number of carbonyl (C=O) groups is 1. The molecule has 0 saturated heterocycles. The lowest BCUT2D eigenvalue weighted by Gasteiger charge is -2.00. The molecule has 1 amide bonds. The van der Waals surface area contributed by atoms with Gasteiger partial charge in [-0.25, -0.2) is 0 Å². The van der Waals surface area contributed by atoms with Crippen LogP contribution in [0.1, 0.15) is 24.9 Å². The second-order valence-electron chi connectivity index (χ2n) is 5.43. The average molecular weight is 329 g/mol. The topological polar surface area (TPSA) is 104 Å². The first-order valence-electron chi connectivity index (χ1n) is 7.71. The van der Waals surface area contributed by atoms with Gasteiger partial charge >= 0.3 is 0 Å². The minimum Gasteiger partial charge on any atom is -0.419 e. The van der Waals surface area contributed by atoms with Crippen LogP contribution in [0.25, 0.3) is 11.6 Å².